The minimum Gasteiger partial charge on any atom is -0.465 e. The normalized spacial score (nSPS) is 12.0. The SMILES string of the molecule is COC(=O)c1cc(CCl)cc(C(=O)C(C)Cl)c1. The number of esters is 1. The van der Waals surface area contributed by atoms with Gasteiger partial charge in [0.1, 0.15) is 0 Å². The van der Waals surface area contributed by atoms with Crippen LogP contribution in [0.2, 0.25) is 0 Å². The number of rotatable bonds is 4. The van der Waals surface area contributed by atoms with Crippen molar-refractivity contribution in [1.82, 2.24) is 0 Å². The molecule has 1 rings (SSSR count). The van der Waals surface area contributed by atoms with E-state index in [2.05, 4.69) is 4.74 Å². The topological polar surface area (TPSA) is 43.4 Å². The summed E-state index contributed by atoms with van der Waals surface area (Å²) in [6.07, 6.45) is 0. The first kappa shape index (κ1) is 14.0. The van der Waals surface area contributed by atoms with Crippen LogP contribution in [0, 0.1) is 0 Å². The van der Waals surface area contributed by atoms with E-state index in [4.69, 9.17) is 23.2 Å². The molecule has 0 amide bonds. The summed E-state index contributed by atoms with van der Waals surface area (Å²) in [5.41, 5.74) is 1.34. The highest BCUT2D eigenvalue weighted by molar-refractivity contribution is 6.33. The van der Waals surface area contributed by atoms with E-state index >= 15 is 0 Å². The molecule has 0 aliphatic heterocycles. The Balaban J connectivity index is 3.23. The lowest BCUT2D eigenvalue weighted by Gasteiger charge is -2.07. The molecule has 0 aromatic heterocycles. The highest BCUT2D eigenvalue weighted by atomic mass is 35.5. The van der Waals surface area contributed by atoms with Crippen molar-refractivity contribution in [2.24, 2.45) is 0 Å². The molecule has 3 nitrogen and oxygen atoms in total. The maximum Gasteiger partial charge on any atom is 0.337 e. The fraction of sp³-hybridized carbons (Fsp3) is 0.333. The van der Waals surface area contributed by atoms with Gasteiger partial charge >= 0.3 is 5.97 Å². The van der Waals surface area contributed by atoms with Crippen LogP contribution in [0.4, 0.5) is 0 Å². The largest absolute Gasteiger partial charge is 0.465 e. The van der Waals surface area contributed by atoms with Gasteiger partial charge in [-0.05, 0) is 30.7 Å². The average Bonchev–Trinajstić information content (AvgIpc) is 2.35. The van der Waals surface area contributed by atoms with Gasteiger partial charge in [-0.3, -0.25) is 4.79 Å². The molecule has 0 bridgehead atoms. The van der Waals surface area contributed by atoms with Gasteiger partial charge in [0.05, 0.1) is 18.1 Å². The predicted octanol–water partition coefficient (Wildman–Crippen LogP) is 3.02. The van der Waals surface area contributed by atoms with Crippen LogP contribution >= 0.6 is 23.2 Å². The Morgan fingerprint density at radius 2 is 1.88 bits per heavy atom. The number of alkyl halides is 2. The number of Topliss-reactive ketones (excluding diaryl/α,β-unsaturated/α-hetero) is 1. The number of carbonyl (C=O) groups excluding carboxylic acids is 2. The zero-order chi connectivity index (χ0) is 13.0. The highest BCUT2D eigenvalue weighted by Crippen LogP contribution is 2.16. The highest BCUT2D eigenvalue weighted by Gasteiger charge is 2.16. The van der Waals surface area contributed by atoms with Crippen LogP contribution < -0.4 is 0 Å². The smallest absolute Gasteiger partial charge is 0.337 e. The Hall–Kier alpha value is -1.06. The quantitative estimate of drug-likeness (QED) is 0.482. The van der Waals surface area contributed by atoms with Crippen molar-refractivity contribution in [3.8, 4) is 0 Å². The average molecular weight is 275 g/mol. The van der Waals surface area contributed by atoms with Gasteiger partial charge in [-0.25, -0.2) is 4.79 Å². The standard InChI is InChI=1S/C12H12Cl2O3/c1-7(14)11(15)9-3-8(6-13)4-10(5-9)12(16)17-2/h3-5,7H,6H2,1-2H3. The summed E-state index contributed by atoms with van der Waals surface area (Å²) in [6, 6.07) is 4.68. The first-order valence-electron chi connectivity index (χ1n) is 4.96. The van der Waals surface area contributed by atoms with Crippen molar-refractivity contribution >= 4 is 35.0 Å². The lowest BCUT2D eigenvalue weighted by atomic mass is 10.0. The van der Waals surface area contributed by atoms with Crippen LogP contribution in [0.25, 0.3) is 0 Å². The number of methoxy groups -OCH3 is 1. The molecular formula is C12H12Cl2O3. The van der Waals surface area contributed by atoms with Gasteiger partial charge in [0.25, 0.3) is 0 Å². The molecule has 0 radical (unpaired) electrons. The zero-order valence-corrected chi connectivity index (χ0v) is 11.0. The summed E-state index contributed by atoms with van der Waals surface area (Å²) in [7, 11) is 1.28. The second kappa shape index (κ2) is 6.03. The van der Waals surface area contributed by atoms with Crippen molar-refractivity contribution in [2.75, 3.05) is 7.11 Å². The van der Waals surface area contributed by atoms with Crippen LogP contribution in [0.15, 0.2) is 18.2 Å². The molecule has 0 saturated carbocycles. The zero-order valence-electron chi connectivity index (χ0n) is 9.50. The first-order valence-corrected chi connectivity index (χ1v) is 5.93. The van der Waals surface area contributed by atoms with Crippen molar-refractivity contribution in [3.63, 3.8) is 0 Å². The van der Waals surface area contributed by atoms with Gasteiger partial charge in [-0.2, -0.15) is 0 Å². The molecule has 1 unspecified atom stereocenters. The molecule has 0 aliphatic rings. The number of hydrogen-bond donors (Lipinski definition) is 0. The van der Waals surface area contributed by atoms with Crippen molar-refractivity contribution in [1.29, 1.82) is 0 Å². The van der Waals surface area contributed by atoms with Crippen LogP contribution in [0.1, 0.15) is 33.2 Å². The minimum absolute atomic E-state index is 0.210. The molecule has 0 fully saturated rings. The van der Waals surface area contributed by atoms with Gasteiger partial charge in [-0.15, -0.1) is 23.2 Å². The summed E-state index contributed by atoms with van der Waals surface area (Å²) < 4.78 is 4.60. The molecule has 0 spiro atoms. The Bertz CT molecular complexity index is 441. The van der Waals surface area contributed by atoms with Crippen molar-refractivity contribution in [2.45, 2.75) is 18.2 Å². The minimum atomic E-state index is -0.647. The molecule has 92 valence electrons. The Kier molecular flexibility index (Phi) is 4.97. The van der Waals surface area contributed by atoms with Crippen LogP contribution in [-0.4, -0.2) is 24.2 Å². The van der Waals surface area contributed by atoms with E-state index in [0.29, 0.717) is 16.7 Å². The molecule has 0 saturated heterocycles. The predicted molar refractivity (Wildman–Crippen MR) is 67.0 cm³/mol. The fourth-order valence-electron chi connectivity index (χ4n) is 1.38. The van der Waals surface area contributed by atoms with Crippen molar-refractivity contribution < 1.29 is 14.3 Å². The van der Waals surface area contributed by atoms with Crippen molar-refractivity contribution in [3.05, 3.63) is 34.9 Å². The maximum absolute atomic E-state index is 11.7. The number of benzene rings is 1. The second-order valence-electron chi connectivity index (χ2n) is 3.52. The molecule has 0 N–H and O–H groups in total. The third kappa shape index (κ3) is 3.45. The van der Waals surface area contributed by atoms with Gasteiger partial charge in [-0.1, -0.05) is 0 Å². The van der Waals surface area contributed by atoms with Crippen LogP contribution in [-0.2, 0) is 10.6 Å². The summed E-state index contributed by atoms with van der Waals surface area (Å²) in [5.74, 6) is -0.543. The Morgan fingerprint density at radius 3 is 2.35 bits per heavy atom. The molecule has 5 heteroatoms. The lowest BCUT2D eigenvalue weighted by molar-refractivity contribution is 0.0600. The molecule has 1 aromatic rings. The molecule has 17 heavy (non-hydrogen) atoms. The Labute approximate surface area is 110 Å². The van der Waals surface area contributed by atoms with E-state index < -0.39 is 11.3 Å². The van der Waals surface area contributed by atoms with E-state index in [9.17, 15) is 9.59 Å². The van der Waals surface area contributed by atoms with Crippen LogP contribution in [0.3, 0.4) is 0 Å². The third-order valence-electron chi connectivity index (χ3n) is 2.21. The molecule has 0 aliphatic carbocycles. The summed E-state index contributed by atoms with van der Waals surface area (Å²) >= 11 is 11.4. The van der Waals surface area contributed by atoms with Gasteiger partial charge in [0.15, 0.2) is 5.78 Å². The molecule has 0 heterocycles. The molecule has 1 aromatic carbocycles. The van der Waals surface area contributed by atoms with E-state index in [1.165, 1.54) is 13.2 Å². The number of carbonyl (C=O) groups is 2. The molecular weight excluding hydrogens is 263 g/mol. The third-order valence-corrected chi connectivity index (χ3v) is 2.72. The monoisotopic (exact) mass is 274 g/mol. The van der Waals surface area contributed by atoms with Gasteiger partial charge < -0.3 is 4.74 Å². The van der Waals surface area contributed by atoms with E-state index in [-0.39, 0.29) is 11.7 Å². The number of halogens is 2. The fourth-order valence-corrected chi connectivity index (χ4v) is 1.66. The summed E-state index contributed by atoms with van der Waals surface area (Å²) in [5, 5.41) is -0.647. The summed E-state index contributed by atoms with van der Waals surface area (Å²) in [4.78, 5) is 23.2. The van der Waals surface area contributed by atoms with Crippen LogP contribution in [0.5, 0.6) is 0 Å². The lowest BCUT2D eigenvalue weighted by Crippen LogP contribution is -2.12. The van der Waals surface area contributed by atoms with E-state index in [1.807, 2.05) is 0 Å². The number of ketones is 1. The Morgan fingerprint density at radius 1 is 1.29 bits per heavy atom. The molecule has 1 atom stereocenters. The van der Waals surface area contributed by atoms with E-state index in [1.54, 1.807) is 19.1 Å². The number of hydrogen-bond acceptors (Lipinski definition) is 3. The van der Waals surface area contributed by atoms with E-state index in [0.717, 1.165) is 0 Å². The maximum atomic E-state index is 11.7. The first-order chi connectivity index (χ1) is 7.99. The van der Waals surface area contributed by atoms with Gasteiger partial charge in [0, 0.05) is 11.4 Å². The second-order valence-corrected chi connectivity index (χ2v) is 4.45. The number of ether oxygens (including phenoxy) is 1. The summed E-state index contributed by atoms with van der Waals surface area (Å²) in [6.45, 7) is 1.58. The van der Waals surface area contributed by atoms with Gasteiger partial charge in [0.2, 0.25) is 0 Å².